The zero-order valence-electron chi connectivity index (χ0n) is 15.3. The highest BCUT2D eigenvalue weighted by molar-refractivity contribution is 6.30. The van der Waals surface area contributed by atoms with Crippen LogP contribution in [0.3, 0.4) is 0 Å². The summed E-state index contributed by atoms with van der Waals surface area (Å²) >= 11 is 6.09. The summed E-state index contributed by atoms with van der Waals surface area (Å²) in [5.74, 6) is -0.243. The SMILES string of the molecule is Cc1cc(-c2cccc(Cl)c2)ncc1C1CC(O)CN1C(=O)c1cnccn1. The van der Waals surface area contributed by atoms with Gasteiger partial charge in [-0.15, -0.1) is 0 Å². The van der Waals surface area contributed by atoms with Crippen molar-refractivity contribution in [2.75, 3.05) is 6.54 Å². The van der Waals surface area contributed by atoms with Gasteiger partial charge in [-0.05, 0) is 42.7 Å². The summed E-state index contributed by atoms with van der Waals surface area (Å²) < 4.78 is 0. The van der Waals surface area contributed by atoms with Crippen molar-refractivity contribution in [3.05, 3.63) is 77.0 Å². The normalized spacial score (nSPS) is 19.0. The Morgan fingerprint density at radius 3 is 2.79 bits per heavy atom. The molecule has 142 valence electrons. The van der Waals surface area contributed by atoms with Crippen molar-refractivity contribution in [2.45, 2.75) is 25.5 Å². The molecule has 1 aliphatic rings. The van der Waals surface area contributed by atoms with Gasteiger partial charge >= 0.3 is 0 Å². The van der Waals surface area contributed by atoms with Crippen LogP contribution in [0.1, 0.15) is 34.1 Å². The third kappa shape index (κ3) is 3.61. The molecule has 1 N–H and O–H groups in total. The minimum absolute atomic E-state index is 0.243. The number of likely N-dealkylation sites (tertiary alicyclic amines) is 1. The van der Waals surface area contributed by atoms with E-state index < -0.39 is 6.10 Å². The highest BCUT2D eigenvalue weighted by Gasteiger charge is 2.37. The maximum atomic E-state index is 12.9. The quantitative estimate of drug-likeness (QED) is 0.736. The second-order valence-electron chi connectivity index (χ2n) is 6.89. The van der Waals surface area contributed by atoms with Crippen LogP contribution in [0.15, 0.2) is 55.1 Å². The molecule has 4 rings (SSSR count). The van der Waals surface area contributed by atoms with Crippen molar-refractivity contribution in [1.29, 1.82) is 0 Å². The van der Waals surface area contributed by atoms with Crippen molar-refractivity contribution in [3.63, 3.8) is 0 Å². The zero-order valence-corrected chi connectivity index (χ0v) is 16.0. The average Bonchev–Trinajstić information content (AvgIpc) is 3.09. The number of carbonyl (C=O) groups is 1. The zero-order chi connectivity index (χ0) is 19.7. The molecule has 1 saturated heterocycles. The molecule has 0 saturated carbocycles. The summed E-state index contributed by atoms with van der Waals surface area (Å²) in [7, 11) is 0. The van der Waals surface area contributed by atoms with Crippen LogP contribution in [0.25, 0.3) is 11.3 Å². The van der Waals surface area contributed by atoms with E-state index in [0.717, 1.165) is 22.4 Å². The van der Waals surface area contributed by atoms with Gasteiger partial charge in [0.25, 0.3) is 5.91 Å². The smallest absolute Gasteiger partial charge is 0.274 e. The Kier molecular flexibility index (Phi) is 5.07. The van der Waals surface area contributed by atoms with E-state index in [4.69, 9.17) is 11.6 Å². The number of rotatable bonds is 3. The average molecular weight is 395 g/mol. The van der Waals surface area contributed by atoms with Crippen LogP contribution in [0, 0.1) is 6.92 Å². The maximum Gasteiger partial charge on any atom is 0.274 e. The van der Waals surface area contributed by atoms with Gasteiger partial charge in [-0.1, -0.05) is 23.7 Å². The fourth-order valence-electron chi connectivity index (χ4n) is 3.61. The van der Waals surface area contributed by atoms with Gasteiger partial charge < -0.3 is 10.0 Å². The Hall–Kier alpha value is -2.83. The first-order valence-corrected chi connectivity index (χ1v) is 9.38. The predicted molar refractivity (Wildman–Crippen MR) is 106 cm³/mol. The van der Waals surface area contributed by atoms with Gasteiger partial charge in [0, 0.05) is 35.7 Å². The lowest BCUT2D eigenvalue weighted by Gasteiger charge is -2.25. The monoisotopic (exact) mass is 394 g/mol. The fourth-order valence-corrected chi connectivity index (χ4v) is 3.80. The second kappa shape index (κ2) is 7.66. The molecule has 1 fully saturated rings. The number of nitrogens with zero attached hydrogens (tertiary/aromatic N) is 4. The Bertz CT molecular complexity index is 1010. The van der Waals surface area contributed by atoms with Crippen LogP contribution in [0.4, 0.5) is 0 Å². The molecule has 1 aromatic carbocycles. The number of benzene rings is 1. The number of β-amino-alcohol motifs (C(OH)–C–C–N with tert-alkyl or cyclic N) is 1. The molecule has 0 aliphatic carbocycles. The van der Waals surface area contributed by atoms with Crippen molar-refractivity contribution in [2.24, 2.45) is 0 Å². The van der Waals surface area contributed by atoms with E-state index >= 15 is 0 Å². The Morgan fingerprint density at radius 1 is 1.21 bits per heavy atom. The van der Waals surface area contributed by atoms with Crippen molar-refractivity contribution in [1.82, 2.24) is 19.9 Å². The Morgan fingerprint density at radius 2 is 2.07 bits per heavy atom. The number of amides is 1. The molecule has 2 aromatic heterocycles. The van der Waals surface area contributed by atoms with Crippen LogP contribution < -0.4 is 0 Å². The van der Waals surface area contributed by atoms with Gasteiger partial charge in [-0.3, -0.25) is 14.8 Å². The van der Waals surface area contributed by atoms with Gasteiger partial charge in [-0.2, -0.15) is 0 Å². The van der Waals surface area contributed by atoms with E-state index in [0.29, 0.717) is 11.4 Å². The molecule has 2 unspecified atom stereocenters. The Labute approximate surface area is 167 Å². The van der Waals surface area contributed by atoms with E-state index in [1.165, 1.54) is 18.6 Å². The van der Waals surface area contributed by atoms with E-state index in [1.807, 2.05) is 37.3 Å². The summed E-state index contributed by atoms with van der Waals surface area (Å²) in [6.07, 6.45) is 6.11. The summed E-state index contributed by atoms with van der Waals surface area (Å²) in [5.41, 5.74) is 3.93. The minimum atomic E-state index is -0.586. The predicted octanol–water partition coefficient (Wildman–Crippen LogP) is 3.45. The van der Waals surface area contributed by atoms with Crippen LogP contribution in [0.5, 0.6) is 0 Å². The van der Waals surface area contributed by atoms with E-state index in [-0.39, 0.29) is 24.2 Å². The van der Waals surface area contributed by atoms with Gasteiger partial charge in [0.2, 0.25) is 0 Å². The summed E-state index contributed by atoms with van der Waals surface area (Å²) in [5, 5.41) is 10.9. The van der Waals surface area contributed by atoms with Crippen LogP contribution in [-0.4, -0.2) is 43.5 Å². The lowest BCUT2D eigenvalue weighted by molar-refractivity contribution is 0.0709. The molecular formula is C21H19ClN4O2. The highest BCUT2D eigenvalue weighted by Crippen LogP contribution is 2.35. The first-order chi connectivity index (χ1) is 13.5. The number of carbonyl (C=O) groups excluding carboxylic acids is 1. The number of pyridine rings is 1. The first kappa shape index (κ1) is 18.5. The molecule has 28 heavy (non-hydrogen) atoms. The lowest BCUT2D eigenvalue weighted by Crippen LogP contribution is -2.32. The number of aliphatic hydroxyl groups excluding tert-OH is 1. The van der Waals surface area contributed by atoms with Crippen LogP contribution >= 0.6 is 11.6 Å². The number of aromatic nitrogens is 3. The third-order valence-corrected chi connectivity index (χ3v) is 5.19. The molecule has 6 nitrogen and oxygen atoms in total. The molecule has 3 heterocycles. The van der Waals surface area contributed by atoms with Crippen LogP contribution in [0.2, 0.25) is 5.02 Å². The fraction of sp³-hybridized carbons (Fsp3) is 0.238. The maximum absolute atomic E-state index is 12.9. The van der Waals surface area contributed by atoms with Gasteiger partial charge in [0.1, 0.15) is 5.69 Å². The molecule has 0 radical (unpaired) electrons. The standard InChI is InChI=1S/C21H19ClN4O2/c1-13-7-18(14-3-2-4-15(22)8-14)25-10-17(13)20-9-16(27)12-26(20)21(28)19-11-23-5-6-24-19/h2-8,10-11,16,20,27H,9,12H2,1H3. The Balaban J connectivity index is 1.66. The number of aliphatic hydroxyl groups is 1. The molecule has 2 atom stereocenters. The molecule has 1 amide bonds. The second-order valence-corrected chi connectivity index (χ2v) is 7.33. The number of halogens is 1. The number of hydrogen-bond donors (Lipinski definition) is 1. The van der Waals surface area contributed by atoms with E-state index in [1.54, 1.807) is 11.1 Å². The number of aryl methyl sites for hydroxylation is 1. The minimum Gasteiger partial charge on any atom is -0.391 e. The molecule has 1 aliphatic heterocycles. The lowest BCUT2D eigenvalue weighted by atomic mass is 9.99. The molecule has 0 bridgehead atoms. The first-order valence-electron chi connectivity index (χ1n) is 9.00. The number of hydrogen-bond acceptors (Lipinski definition) is 5. The summed E-state index contributed by atoms with van der Waals surface area (Å²) in [6, 6.07) is 9.25. The largest absolute Gasteiger partial charge is 0.391 e. The molecular weight excluding hydrogens is 376 g/mol. The van der Waals surface area contributed by atoms with Gasteiger partial charge in [0.15, 0.2) is 0 Å². The van der Waals surface area contributed by atoms with Gasteiger partial charge in [-0.25, -0.2) is 4.98 Å². The molecule has 0 spiro atoms. The summed E-state index contributed by atoms with van der Waals surface area (Å²) in [6.45, 7) is 2.25. The van der Waals surface area contributed by atoms with Crippen LogP contribution in [-0.2, 0) is 0 Å². The van der Waals surface area contributed by atoms with E-state index in [2.05, 4.69) is 15.0 Å². The van der Waals surface area contributed by atoms with Crippen molar-refractivity contribution < 1.29 is 9.90 Å². The molecule has 7 heteroatoms. The summed E-state index contributed by atoms with van der Waals surface area (Å²) in [4.78, 5) is 27.2. The van der Waals surface area contributed by atoms with E-state index in [9.17, 15) is 9.90 Å². The third-order valence-electron chi connectivity index (χ3n) is 4.95. The molecule has 3 aromatic rings. The van der Waals surface area contributed by atoms with Crippen molar-refractivity contribution in [3.8, 4) is 11.3 Å². The van der Waals surface area contributed by atoms with Crippen molar-refractivity contribution >= 4 is 17.5 Å². The topological polar surface area (TPSA) is 79.2 Å². The van der Waals surface area contributed by atoms with Gasteiger partial charge in [0.05, 0.1) is 24.0 Å². The highest BCUT2D eigenvalue weighted by atomic mass is 35.5.